The SMILES string of the molecule is CC(C)(C)OC(=O)Nc1cccc(NC2CCN(CCc3ccccc3)CC2)c1. The van der Waals surface area contributed by atoms with Crippen LogP contribution in [0.4, 0.5) is 16.2 Å². The molecule has 5 heteroatoms. The molecule has 5 nitrogen and oxygen atoms in total. The molecule has 1 aliphatic heterocycles. The van der Waals surface area contributed by atoms with E-state index in [0.717, 1.165) is 50.3 Å². The Balaban J connectivity index is 1.43. The van der Waals surface area contributed by atoms with Gasteiger partial charge in [0.2, 0.25) is 0 Å². The molecular formula is C24H33N3O2. The second-order valence-electron chi connectivity index (χ2n) is 8.70. The summed E-state index contributed by atoms with van der Waals surface area (Å²) in [5.41, 5.74) is 2.67. The summed E-state index contributed by atoms with van der Waals surface area (Å²) in [7, 11) is 0. The van der Waals surface area contributed by atoms with Gasteiger partial charge in [0.15, 0.2) is 0 Å². The average Bonchev–Trinajstić information content (AvgIpc) is 2.67. The van der Waals surface area contributed by atoms with Crippen LogP contribution in [-0.4, -0.2) is 42.3 Å². The Morgan fingerprint density at radius 3 is 2.41 bits per heavy atom. The van der Waals surface area contributed by atoms with Crippen LogP contribution in [0.15, 0.2) is 54.6 Å². The topological polar surface area (TPSA) is 53.6 Å². The van der Waals surface area contributed by atoms with E-state index in [1.807, 2.05) is 45.0 Å². The maximum Gasteiger partial charge on any atom is 0.412 e. The van der Waals surface area contributed by atoms with Gasteiger partial charge in [-0.05, 0) is 63.8 Å². The minimum atomic E-state index is -0.506. The van der Waals surface area contributed by atoms with Crippen LogP contribution in [0.25, 0.3) is 0 Å². The zero-order valence-corrected chi connectivity index (χ0v) is 17.8. The van der Waals surface area contributed by atoms with Crippen molar-refractivity contribution in [3.05, 3.63) is 60.2 Å². The first-order valence-corrected chi connectivity index (χ1v) is 10.5. The van der Waals surface area contributed by atoms with Gasteiger partial charge in [-0.1, -0.05) is 36.4 Å². The fraction of sp³-hybridized carbons (Fsp3) is 0.458. The van der Waals surface area contributed by atoms with E-state index >= 15 is 0 Å². The molecule has 0 aromatic heterocycles. The molecule has 156 valence electrons. The molecular weight excluding hydrogens is 362 g/mol. The molecule has 0 radical (unpaired) electrons. The molecule has 3 rings (SSSR count). The lowest BCUT2D eigenvalue weighted by Crippen LogP contribution is -2.40. The Morgan fingerprint density at radius 1 is 1.03 bits per heavy atom. The Bertz CT molecular complexity index is 778. The van der Waals surface area contributed by atoms with E-state index in [1.165, 1.54) is 5.56 Å². The third-order valence-corrected chi connectivity index (χ3v) is 5.03. The van der Waals surface area contributed by atoms with Crippen LogP contribution in [0, 0.1) is 0 Å². The summed E-state index contributed by atoms with van der Waals surface area (Å²) >= 11 is 0. The fourth-order valence-electron chi connectivity index (χ4n) is 3.58. The minimum absolute atomic E-state index is 0.429. The number of rotatable bonds is 6. The molecule has 1 amide bonds. The van der Waals surface area contributed by atoms with Gasteiger partial charge in [-0.2, -0.15) is 0 Å². The molecule has 2 aromatic carbocycles. The minimum Gasteiger partial charge on any atom is -0.444 e. The number of nitrogens with one attached hydrogen (secondary N) is 2. The molecule has 0 bridgehead atoms. The van der Waals surface area contributed by atoms with Crippen LogP contribution < -0.4 is 10.6 Å². The maximum absolute atomic E-state index is 12.0. The summed E-state index contributed by atoms with van der Waals surface area (Å²) in [4.78, 5) is 14.5. The van der Waals surface area contributed by atoms with Gasteiger partial charge in [0, 0.05) is 37.1 Å². The monoisotopic (exact) mass is 395 g/mol. The molecule has 2 aromatic rings. The van der Waals surface area contributed by atoms with Gasteiger partial charge >= 0.3 is 6.09 Å². The van der Waals surface area contributed by atoms with E-state index in [9.17, 15) is 4.79 Å². The van der Waals surface area contributed by atoms with E-state index in [-0.39, 0.29) is 0 Å². The van der Waals surface area contributed by atoms with Gasteiger partial charge in [-0.15, -0.1) is 0 Å². The molecule has 0 atom stereocenters. The third-order valence-electron chi connectivity index (χ3n) is 5.03. The fourth-order valence-corrected chi connectivity index (χ4v) is 3.58. The molecule has 0 saturated carbocycles. The molecule has 29 heavy (non-hydrogen) atoms. The number of benzene rings is 2. The number of nitrogens with zero attached hydrogens (tertiary/aromatic N) is 1. The number of hydrogen-bond acceptors (Lipinski definition) is 4. The standard InChI is InChI=1S/C24H33N3O2/c1-24(2,3)29-23(28)26-22-11-7-10-21(18-22)25-20-13-16-27(17-14-20)15-12-19-8-5-4-6-9-19/h4-11,18,20,25H,12-17H2,1-3H3,(H,26,28). The first kappa shape index (κ1) is 21.2. The van der Waals surface area contributed by atoms with Crippen LogP contribution in [-0.2, 0) is 11.2 Å². The quantitative estimate of drug-likeness (QED) is 0.710. The number of carbonyl (C=O) groups is 1. The van der Waals surface area contributed by atoms with Gasteiger partial charge in [-0.3, -0.25) is 5.32 Å². The third kappa shape index (κ3) is 7.42. The second-order valence-corrected chi connectivity index (χ2v) is 8.70. The summed E-state index contributed by atoms with van der Waals surface area (Å²) in [5.74, 6) is 0. The van der Waals surface area contributed by atoms with Gasteiger partial charge < -0.3 is 15.0 Å². The molecule has 1 heterocycles. The maximum atomic E-state index is 12.0. The highest BCUT2D eigenvalue weighted by Gasteiger charge is 2.19. The van der Waals surface area contributed by atoms with Crippen LogP contribution in [0.2, 0.25) is 0 Å². The van der Waals surface area contributed by atoms with E-state index in [0.29, 0.717) is 6.04 Å². The number of anilines is 2. The molecule has 0 unspecified atom stereocenters. The summed E-state index contributed by atoms with van der Waals surface area (Å²) in [5, 5.41) is 6.42. The van der Waals surface area contributed by atoms with E-state index < -0.39 is 11.7 Å². The van der Waals surface area contributed by atoms with Crippen molar-refractivity contribution in [1.29, 1.82) is 0 Å². The molecule has 1 aliphatic rings. The van der Waals surface area contributed by atoms with Crippen LogP contribution >= 0.6 is 0 Å². The summed E-state index contributed by atoms with van der Waals surface area (Å²) in [6.07, 6.45) is 2.93. The van der Waals surface area contributed by atoms with Crippen LogP contribution in [0.1, 0.15) is 39.2 Å². The Labute approximate surface area is 174 Å². The van der Waals surface area contributed by atoms with Gasteiger partial charge in [0.05, 0.1) is 0 Å². The smallest absolute Gasteiger partial charge is 0.412 e. The molecule has 1 saturated heterocycles. The normalized spacial score (nSPS) is 15.7. The van der Waals surface area contributed by atoms with Gasteiger partial charge in [-0.25, -0.2) is 4.79 Å². The number of hydrogen-bond donors (Lipinski definition) is 2. The Hall–Kier alpha value is -2.53. The summed E-state index contributed by atoms with van der Waals surface area (Å²) in [6.45, 7) is 8.91. The van der Waals surface area contributed by atoms with E-state index in [4.69, 9.17) is 4.74 Å². The zero-order chi connectivity index (χ0) is 20.7. The van der Waals surface area contributed by atoms with Crippen molar-refractivity contribution in [2.75, 3.05) is 30.3 Å². The predicted molar refractivity (Wildman–Crippen MR) is 120 cm³/mol. The van der Waals surface area contributed by atoms with Crippen molar-refractivity contribution in [2.45, 2.75) is 51.7 Å². The predicted octanol–water partition coefficient (Wildman–Crippen LogP) is 5.15. The van der Waals surface area contributed by atoms with Crippen LogP contribution in [0.5, 0.6) is 0 Å². The zero-order valence-electron chi connectivity index (χ0n) is 17.8. The van der Waals surface area contributed by atoms with Crippen molar-refractivity contribution >= 4 is 17.5 Å². The highest BCUT2D eigenvalue weighted by atomic mass is 16.6. The summed E-state index contributed by atoms with van der Waals surface area (Å²) < 4.78 is 5.32. The number of piperidine rings is 1. The molecule has 0 aliphatic carbocycles. The average molecular weight is 396 g/mol. The number of likely N-dealkylation sites (tertiary alicyclic amines) is 1. The van der Waals surface area contributed by atoms with Crippen LogP contribution in [0.3, 0.4) is 0 Å². The Kier molecular flexibility index (Phi) is 7.15. The van der Waals surface area contributed by atoms with Crippen molar-refractivity contribution in [3.8, 4) is 0 Å². The lowest BCUT2D eigenvalue weighted by molar-refractivity contribution is 0.0636. The lowest BCUT2D eigenvalue weighted by atomic mass is 10.0. The van der Waals surface area contributed by atoms with Crippen molar-refractivity contribution < 1.29 is 9.53 Å². The van der Waals surface area contributed by atoms with Crippen molar-refractivity contribution in [3.63, 3.8) is 0 Å². The highest BCUT2D eigenvalue weighted by Crippen LogP contribution is 2.21. The van der Waals surface area contributed by atoms with Gasteiger partial charge in [0.25, 0.3) is 0 Å². The van der Waals surface area contributed by atoms with E-state index in [2.05, 4.69) is 45.9 Å². The largest absolute Gasteiger partial charge is 0.444 e. The molecule has 2 N–H and O–H groups in total. The summed E-state index contributed by atoms with van der Waals surface area (Å²) in [6, 6.07) is 19.0. The number of amides is 1. The molecule has 1 fully saturated rings. The van der Waals surface area contributed by atoms with Gasteiger partial charge in [0.1, 0.15) is 5.60 Å². The number of ether oxygens (including phenoxy) is 1. The second kappa shape index (κ2) is 9.79. The number of carbonyl (C=O) groups excluding carboxylic acids is 1. The first-order valence-electron chi connectivity index (χ1n) is 10.5. The molecule has 0 spiro atoms. The lowest BCUT2D eigenvalue weighted by Gasteiger charge is -2.33. The van der Waals surface area contributed by atoms with E-state index in [1.54, 1.807) is 0 Å². The van der Waals surface area contributed by atoms with Crippen molar-refractivity contribution in [1.82, 2.24) is 4.90 Å². The Morgan fingerprint density at radius 2 is 1.72 bits per heavy atom. The van der Waals surface area contributed by atoms with Crippen molar-refractivity contribution in [2.24, 2.45) is 0 Å². The first-order chi connectivity index (χ1) is 13.9. The highest BCUT2D eigenvalue weighted by molar-refractivity contribution is 5.85.